The highest BCUT2D eigenvalue weighted by molar-refractivity contribution is 6.04. The predicted molar refractivity (Wildman–Crippen MR) is 89.3 cm³/mol. The lowest BCUT2D eigenvalue weighted by molar-refractivity contribution is 0.102. The Morgan fingerprint density at radius 3 is 2.43 bits per heavy atom. The first-order chi connectivity index (χ1) is 11.2. The Balaban J connectivity index is 2.15. The third kappa shape index (κ3) is 4.47. The van der Waals surface area contributed by atoms with Crippen molar-refractivity contribution in [2.45, 2.75) is 13.5 Å². The molecule has 0 spiro atoms. The van der Waals surface area contributed by atoms with E-state index >= 15 is 0 Å². The molecule has 5 heteroatoms. The molecule has 2 aromatic rings. The highest BCUT2D eigenvalue weighted by atomic mass is 16.5. The van der Waals surface area contributed by atoms with Crippen molar-refractivity contribution in [1.82, 2.24) is 0 Å². The number of methoxy groups -OCH3 is 2. The SMILES string of the molecule is CCOc1ccc(C(=O)Nc2ccc(OC)cc2)cc1COC. The molecule has 0 aliphatic rings. The molecule has 0 heterocycles. The molecule has 2 rings (SSSR count). The van der Waals surface area contributed by atoms with Crippen LogP contribution in [-0.2, 0) is 11.3 Å². The maximum absolute atomic E-state index is 12.4. The summed E-state index contributed by atoms with van der Waals surface area (Å²) >= 11 is 0. The van der Waals surface area contributed by atoms with Gasteiger partial charge in [0.2, 0.25) is 0 Å². The molecule has 0 fully saturated rings. The van der Waals surface area contributed by atoms with E-state index in [-0.39, 0.29) is 5.91 Å². The van der Waals surface area contributed by atoms with Crippen molar-refractivity contribution >= 4 is 11.6 Å². The van der Waals surface area contributed by atoms with E-state index in [1.54, 1.807) is 56.7 Å². The van der Waals surface area contributed by atoms with Crippen molar-refractivity contribution in [3.8, 4) is 11.5 Å². The van der Waals surface area contributed by atoms with E-state index in [9.17, 15) is 4.79 Å². The lowest BCUT2D eigenvalue weighted by atomic mass is 10.1. The van der Waals surface area contributed by atoms with E-state index in [2.05, 4.69) is 5.32 Å². The van der Waals surface area contributed by atoms with Gasteiger partial charge in [0.05, 0.1) is 20.3 Å². The number of rotatable bonds is 7. The quantitative estimate of drug-likeness (QED) is 0.849. The molecular weight excluding hydrogens is 294 g/mol. The molecule has 0 atom stereocenters. The van der Waals surface area contributed by atoms with Gasteiger partial charge in [-0.3, -0.25) is 4.79 Å². The maximum atomic E-state index is 12.4. The molecule has 1 amide bonds. The van der Waals surface area contributed by atoms with Gasteiger partial charge in [-0.1, -0.05) is 0 Å². The number of carbonyl (C=O) groups is 1. The number of carbonyl (C=O) groups excluding carboxylic acids is 1. The Morgan fingerprint density at radius 2 is 1.83 bits per heavy atom. The number of hydrogen-bond donors (Lipinski definition) is 1. The summed E-state index contributed by atoms with van der Waals surface area (Å²) in [5.41, 5.74) is 2.10. The summed E-state index contributed by atoms with van der Waals surface area (Å²) in [4.78, 5) is 12.4. The molecular formula is C18H21NO4. The summed E-state index contributed by atoms with van der Waals surface area (Å²) in [5, 5.41) is 2.85. The lowest BCUT2D eigenvalue weighted by Gasteiger charge is -2.12. The third-order valence-corrected chi connectivity index (χ3v) is 3.27. The van der Waals surface area contributed by atoms with Gasteiger partial charge in [0.1, 0.15) is 11.5 Å². The van der Waals surface area contributed by atoms with Gasteiger partial charge in [-0.15, -0.1) is 0 Å². The summed E-state index contributed by atoms with van der Waals surface area (Å²) < 4.78 is 15.8. The first-order valence-corrected chi connectivity index (χ1v) is 7.38. The van der Waals surface area contributed by atoms with Gasteiger partial charge in [0.25, 0.3) is 5.91 Å². The van der Waals surface area contributed by atoms with Crippen molar-refractivity contribution in [3.63, 3.8) is 0 Å². The summed E-state index contributed by atoms with van der Waals surface area (Å²) in [6.45, 7) is 2.87. The predicted octanol–water partition coefficient (Wildman–Crippen LogP) is 3.49. The summed E-state index contributed by atoms with van der Waals surface area (Å²) in [6, 6.07) is 12.5. The van der Waals surface area contributed by atoms with E-state index in [1.165, 1.54) is 0 Å². The number of hydrogen-bond acceptors (Lipinski definition) is 4. The molecule has 2 aromatic carbocycles. The molecule has 0 aliphatic heterocycles. The number of ether oxygens (including phenoxy) is 3. The molecule has 23 heavy (non-hydrogen) atoms. The zero-order chi connectivity index (χ0) is 16.7. The minimum absolute atomic E-state index is 0.185. The average molecular weight is 315 g/mol. The van der Waals surface area contributed by atoms with Crippen LogP contribution in [-0.4, -0.2) is 26.7 Å². The Bertz CT molecular complexity index is 653. The molecule has 122 valence electrons. The molecule has 0 aliphatic carbocycles. The van der Waals surface area contributed by atoms with Gasteiger partial charge in [-0.2, -0.15) is 0 Å². The Morgan fingerprint density at radius 1 is 1.09 bits per heavy atom. The van der Waals surface area contributed by atoms with Gasteiger partial charge in [0.15, 0.2) is 0 Å². The normalized spacial score (nSPS) is 10.2. The number of nitrogens with one attached hydrogen (secondary N) is 1. The van der Waals surface area contributed by atoms with Crippen molar-refractivity contribution in [1.29, 1.82) is 0 Å². The Labute approximate surface area is 136 Å². The van der Waals surface area contributed by atoms with Gasteiger partial charge >= 0.3 is 0 Å². The highest BCUT2D eigenvalue weighted by Gasteiger charge is 2.11. The van der Waals surface area contributed by atoms with E-state index in [1.807, 2.05) is 6.92 Å². The van der Waals surface area contributed by atoms with E-state index in [4.69, 9.17) is 14.2 Å². The van der Waals surface area contributed by atoms with Crippen molar-refractivity contribution in [2.24, 2.45) is 0 Å². The number of anilines is 1. The van der Waals surface area contributed by atoms with Crippen LogP contribution in [0.1, 0.15) is 22.8 Å². The molecule has 0 saturated carbocycles. The maximum Gasteiger partial charge on any atom is 0.255 e. The zero-order valence-electron chi connectivity index (χ0n) is 13.6. The van der Waals surface area contributed by atoms with Crippen LogP contribution in [0.2, 0.25) is 0 Å². The Hall–Kier alpha value is -2.53. The van der Waals surface area contributed by atoms with Crippen LogP contribution in [0, 0.1) is 0 Å². The fourth-order valence-electron chi connectivity index (χ4n) is 2.16. The zero-order valence-corrected chi connectivity index (χ0v) is 13.6. The first kappa shape index (κ1) is 16.8. The summed E-state index contributed by atoms with van der Waals surface area (Å²) in [5.74, 6) is 1.29. The van der Waals surface area contributed by atoms with Gasteiger partial charge < -0.3 is 19.5 Å². The van der Waals surface area contributed by atoms with Crippen LogP contribution in [0.4, 0.5) is 5.69 Å². The summed E-state index contributed by atoms with van der Waals surface area (Å²) in [7, 11) is 3.21. The number of benzene rings is 2. The van der Waals surface area contributed by atoms with E-state index < -0.39 is 0 Å². The topological polar surface area (TPSA) is 56.8 Å². The Kier molecular flexibility index (Phi) is 6.00. The molecule has 0 aromatic heterocycles. The fourth-order valence-corrected chi connectivity index (χ4v) is 2.16. The second kappa shape index (κ2) is 8.19. The molecule has 0 unspecified atom stereocenters. The summed E-state index contributed by atoms with van der Waals surface area (Å²) in [6.07, 6.45) is 0. The second-order valence-electron chi connectivity index (χ2n) is 4.87. The lowest BCUT2D eigenvalue weighted by Crippen LogP contribution is -2.12. The van der Waals surface area contributed by atoms with Crippen molar-refractivity contribution < 1.29 is 19.0 Å². The fraction of sp³-hybridized carbons (Fsp3) is 0.278. The minimum atomic E-state index is -0.185. The van der Waals surface area contributed by atoms with Crippen molar-refractivity contribution in [3.05, 3.63) is 53.6 Å². The van der Waals surface area contributed by atoms with Crippen LogP contribution in [0.25, 0.3) is 0 Å². The number of amides is 1. The second-order valence-corrected chi connectivity index (χ2v) is 4.87. The minimum Gasteiger partial charge on any atom is -0.497 e. The highest BCUT2D eigenvalue weighted by Crippen LogP contribution is 2.22. The van der Waals surface area contributed by atoms with E-state index in [0.29, 0.717) is 24.5 Å². The standard InChI is InChI=1S/C18H21NO4/c1-4-23-17-10-5-13(11-14(17)12-21-2)18(20)19-15-6-8-16(22-3)9-7-15/h5-11H,4,12H2,1-3H3,(H,19,20). The largest absolute Gasteiger partial charge is 0.497 e. The molecule has 0 saturated heterocycles. The average Bonchev–Trinajstić information content (AvgIpc) is 2.57. The van der Waals surface area contributed by atoms with Crippen LogP contribution in [0.3, 0.4) is 0 Å². The van der Waals surface area contributed by atoms with Crippen LogP contribution in [0.15, 0.2) is 42.5 Å². The first-order valence-electron chi connectivity index (χ1n) is 7.38. The smallest absolute Gasteiger partial charge is 0.255 e. The van der Waals surface area contributed by atoms with Gasteiger partial charge in [-0.05, 0) is 49.4 Å². The third-order valence-electron chi connectivity index (χ3n) is 3.27. The van der Waals surface area contributed by atoms with Gasteiger partial charge in [-0.25, -0.2) is 0 Å². The van der Waals surface area contributed by atoms with Crippen LogP contribution >= 0.6 is 0 Å². The molecule has 1 N–H and O–H groups in total. The molecule has 5 nitrogen and oxygen atoms in total. The van der Waals surface area contributed by atoms with Gasteiger partial charge in [0, 0.05) is 23.9 Å². The monoisotopic (exact) mass is 315 g/mol. The van der Waals surface area contributed by atoms with Crippen LogP contribution < -0.4 is 14.8 Å². The molecule has 0 bridgehead atoms. The molecule has 0 radical (unpaired) electrons. The van der Waals surface area contributed by atoms with Crippen LogP contribution in [0.5, 0.6) is 11.5 Å². The van der Waals surface area contributed by atoms with E-state index in [0.717, 1.165) is 17.1 Å². The van der Waals surface area contributed by atoms with Crippen molar-refractivity contribution in [2.75, 3.05) is 26.1 Å².